The number of anilines is 1. The third-order valence-electron chi connectivity index (χ3n) is 5.16. The van der Waals surface area contributed by atoms with Gasteiger partial charge in [-0.2, -0.15) is 4.89 Å². The van der Waals surface area contributed by atoms with E-state index in [1.54, 1.807) is 13.0 Å². The summed E-state index contributed by atoms with van der Waals surface area (Å²) in [7, 11) is -1.52. The molecular formula is C21H29N3O4P+. The van der Waals surface area contributed by atoms with Crippen LogP contribution < -0.4 is 15.1 Å². The second-order valence-electron chi connectivity index (χ2n) is 7.38. The number of aromatic nitrogens is 1. The molecule has 3 rings (SSSR count). The van der Waals surface area contributed by atoms with Crippen LogP contribution in [-0.4, -0.2) is 28.6 Å². The van der Waals surface area contributed by atoms with E-state index in [1.807, 2.05) is 45.9 Å². The van der Waals surface area contributed by atoms with Gasteiger partial charge >= 0.3 is 7.87 Å². The summed E-state index contributed by atoms with van der Waals surface area (Å²) < 4.78 is 11.3. The van der Waals surface area contributed by atoms with Crippen LogP contribution in [0.2, 0.25) is 0 Å². The van der Waals surface area contributed by atoms with Crippen LogP contribution in [0.3, 0.4) is 0 Å². The van der Waals surface area contributed by atoms with Gasteiger partial charge in [0, 0.05) is 18.2 Å². The summed E-state index contributed by atoms with van der Waals surface area (Å²) in [6, 6.07) is 7.54. The zero-order valence-electron chi connectivity index (χ0n) is 17.7. The van der Waals surface area contributed by atoms with Crippen molar-refractivity contribution in [2.75, 3.05) is 19.0 Å². The van der Waals surface area contributed by atoms with Gasteiger partial charge in [0.1, 0.15) is 0 Å². The fraction of sp³-hybridized carbons (Fsp3) is 0.381. The number of phenolic OH excluding ortho intramolecular Hbond substituents is 1. The molecule has 2 aromatic rings. The highest BCUT2D eigenvalue weighted by atomic mass is 31.2. The van der Waals surface area contributed by atoms with Gasteiger partial charge in [-0.15, -0.1) is 0 Å². The highest BCUT2D eigenvalue weighted by molar-refractivity contribution is 7.64. The van der Waals surface area contributed by atoms with Crippen LogP contribution in [0.1, 0.15) is 42.0 Å². The van der Waals surface area contributed by atoms with E-state index >= 15 is 0 Å². The quantitative estimate of drug-likeness (QED) is 0.513. The highest BCUT2D eigenvalue weighted by Crippen LogP contribution is 2.69. The molecule has 1 aromatic heterocycles. The summed E-state index contributed by atoms with van der Waals surface area (Å²) >= 11 is 0. The van der Waals surface area contributed by atoms with Crippen molar-refractivity contribution in [2.45, 2.75) is 40.3 Å². The molecule has 8 heteroatoms. The molecule has 0 amide bonds. The molecule has 1 aromatic carbocycles. The van der Waals surface area contributed by atoms with Gasteiger partial charge in [0.25, 0.3) is 0 Å². The first-order chi connectivity index (χ1) is 13.6. The lowest BCUT2D eigenvalue weighted by atomic mass is 10.1. The highest BCUT2D eigenvalue weighted by Gasteiger charge is 2.54. The molecular weight excluding hydrogens is 389 g/mol. The zero-order chi connectivity index (χ0) is 21.3. The van der Waals surface area contributed by atoms with Crippen molar-refractivity contribution < 1.29 is 19.3 Å². The number of benzene rings is 1. The molecule has 0 saturated carbocycles. The smallest absolute Gasteiger partial charge is 0.422 e. The van der Waals surface area contributed by atoms with Crippen molar-refractivity contribution in [1.29, 1.82) is 0 Å². The Morgan fingerprint density at radius 1 is 1.21 bits per heavy atom. The molecule has 0 aliphatic carbocycles. The number of rotatable bonds is 6. The fourth-order valence-corrected chi connectivity index (χ4v) is 5.82. The Balaban J connectivity index is 1.98. The van der Waals surface area contributed by atoms with Crippen molar-refractivity contribution in [2.24, 2.45) is 0 Å². The summed E-state index contributed by atoms with van der Waals surface area (Å²) in [6.07, 6.45) is 0. The Labute approximate surface area is 172 Å². The van der Waals surface area contributed by atoms with E-state index in [2.05, 4.69) is 15.4 Å². The van der Waals surface area contributed by atoms with Crippen LogP contribution in [0.5, 0.6) is 11.5 Å². The predicted molar refractivity (Wildman–Crippen MR) is 116 cm³/mol. The van der Waals surface area contributed by atoms with Gasteiger partial charge in [0.2, 0.25) is 0 Å². The minimum absolute atomic E-state index is 0.0950. The van der Waals surface area contributed by atoms with Crippen LogP contribution in [0.25, 0.3) is 0 Å². The Morgan fingerprint density at radius 3 is 2.52 bits per heavy atom. The van der Waals surface area contributed by atoms with E-state index in [1.165, 1.54) is 7.11 Å². The SMILES string of the molecule is COc1cc(C(CNc2ccc(C)nc2C)[P+]2(O)NC(C)=C(C)O2)cc(C)c1O. The molecule has 1 aliphatic rings. The minimum atomic E-state index is -3.04. The van der Waals surface area contributed by atoms with E-state index in [-0.39, 0.29) is 5.75 Å². The molecule has 2 heterocycles. The number of nitrogens with one attached hydrogen (secondary N) is 2. The maximum absolute atomic E-state index is 11.4. The van der Waals surface area contributed by atoms with Crippen LogP contribution >= 0.6 is 7.87 Å². The zero-order valence-corrected chi connectivity index (χ0v) is 18.6. The molecule has 0 fully saturated rings. The number of methoxy groups -OCH3 is 1. The molecule has 4 N–H and O–H groups in total. The molecule has 0 bridgehead atoms. The summed E-state index contributed by atoms with van der Waals surface area (Å²) in [5, 5.41) is 16.8. The number of aryl methyl sites for hydroxylation is 3. The third kappa shape index (κ3) is 4.26. The van der Waals surface area contributed by atoms with Gasteiger partial charge < -0.3 is 15.2 Å². The Bertz CT molecular complexity index is 947. The molecule has 2 atom stereocenters. The number of phenols is 1. The first kappa shape index (κ1) is 21.2. The van der Waals surface area contributed by atoms with Gasteiger partial charge in [0.15, 0.2) is 22.9 Å². The summed E-state index contributed by atoms with van der Waals surface area (Å²) in [6.45, 7) is 9.84. The molecule has 156 valence electrons. The standard InChI is InChI=1S/C21H28N3O4P/c1-12-9-17(10-19(27-6)21(12)25)20(29(26)24-14(3)16(5)28-29)11-22-18-8-7-13(2)23-15(18)4/h7-10,20,22,24,26H,11H2,1-6H3/p+1. The minimum Gasteiger partial charge on any atom is -0.504 e. The largest absolute Gasteiger partial charge is 0.504 e. The second-order valence-corrected chi connectivity index (χ2v) is 9.65. The first-order valence-corrected chi connectivity index (χ1v) is 11.2. The summed E-state index contributed by atoms with van der Waals surface area (Å²) in [5.41, 5.74) is 4.64. The average Bonchev–Trinajstić information content (AvgIpc) is 2.92. The van der Waals surface area contributed by atoms with Crippen molar-refractivity contribution in [1.82, 2.24) is 10.1 Å². The number of nitrogens with zero attached hydrogens (tertiary/aromatic N) is 1. The maximum Gasteiger partial charge on any atom is 0.422 e. The van der Waals surface area contributed by atoms with Crippen LogP contribution in [0.15, 0.2) is 35.7 Å². The van der Waals surface area contributed by atoms with Crippen molar-refractivity contribution >= 4 is 13.6 Å². The van der Waals surface area contributed by atoms with E-state index in [9.17, 15) is 10.00 Å². The number of allylic oxidation sites excluding steroid dienone is 2. The number of aromatic hydroxyl groups is 1. The predicted octanol–water partition coefficient (Wildman–Crippen LogP) is 4.50. The molecule has 2 unspecified atom stereocenters. The first-order valence-electron chi connectivity index (χ1n) is 9.47. The number of hydrogen-bond acceptors (Lipinski definition) is 7. The lowest BCUT2D eigenvalue weighted by Crippen LogP contribution is -2.23. The Morgan fingerprint density at radius 2 is 1.93 bits per heavy atom. The monoisotopic (exact) mass is 418 g/mol. The van der Waals surface area contributed by atoms with Gasteiger partial charge in [-0.1, -0.05) is 0 Å². The molecule has 1 aliphatic heterocycles. The molecule has 0 saturated heterocycles. The van der Waals surface area contributed by atoms with Crippen molar-refractivity contribution in [3.8, 4) is 11.5 Å². The lowest BCUT2D eigenvalue weighted by molar-refractivity contribution is 0.367. The number of pyridine rings is 1. The van der Waals surface area contributed by atoms with Crippen LogP contribution in [-0.2, 0) is 4.52 Å². The number of hydrogen-bond donors (Lipinski definition) is 4. The Hall–Kier alpha value is -2.50. The lowest BCUT2D eigenvalue weighted by Gasteiger charge is -2.25. The molecule has 29 heavy (non-hydrogen) atoms. The summed E-state index contributed by atoms with van der Waals surface area (Å²) in [4.78, 5) is 15.9. The summed E-state index contributed by atoms with van der Waals surface area (Å²) in [5.74, 6) is 1.14. The topological polar surface area (TPSA) is 95.9 Å². The van der Waals surface area contributed by atoms with Crippen molar-refractivity contribution in [3.05, 3.63) is 58.2 Å². The van der Waals surface area contributed by atoms with Crippen LogP contribution in [0, 0.1) is 20.8 Å². The molecule has 7 nitrogen and oxygen atoms in total. The average molecular weight is 418 g/mol. The van der Waals surface area contributed by atoms with Crippen molar-refractivity contribution in [3.63, 3.8) is 0 Å². The van der Waals surface area contributed by atoms with E-state index in [4.69, 9.17) is 9.26 Å². The van der Waals surface area contributed by atoms with E-state index < -0.39 is 13.5 Å². The fourth-order valence-electron chi connectivity index (χ4n) is 3.41. The third-order valence-corrected chi connectivity index (χ3v) is 7.69. The molecule has 0 radical (unpaired) electrons. The van der Waals surface area contributed by atoms with Gasteiger partial charge in [-0.25, -0.2) is 5.09 Å². The second kappa shape index (κ2) is 8.09. The van der Waals surface area contributed by atoms with E-state index in [0.29, 0.717) is 23.6 Å². The van der Waals surface area contributed by atoms with E-state index in [0.717, 1.165) is 28.3 Å². The normalized spacial score (nSPS) is 19.6. The van der Waals surface area contributed by atoms with Gasteiger partial charge in [0.05, 0.1) is 30.7 Å². The number of ether oxygens (including phenoxy) is 1. The van der Waals surface area contributed by atoms with Crippen LogP contribution in [0.4, 0.5) is 5.69 Å². The van der Waals surface area contributed by atoms with Gasteiger partial charge in [-0.05, 0) is 57.5 Å². The molecule has 0 spiro atoms. The maximum atomic E-state index is 11.4. The Kier molecular flexibility index (Phi) is 5.92. The van der Waals surface area contributed by atoms with Gasteiger partial charge in [-0.3, -0.25) is 9.51 Å².